The lowest BCUT2D eigenvalue weighted by Crippen LogP contribution is -2.47. The summed E-state index contributed by atoms with van der Waals surface area (Å²) < 4.78 is 19.0. The van der Waals surface area contributed by atoms with Crippen molar-refractivity contribution < 1.29 is 18.7 Å². The second-order valence-corrected chi connectivity index (χ2v) is 8.26. The number of methoxy groups -OCH3 is 1. The first-order valence-electron chi connectivity index (χ1n) is 11.4. The highest BCUT2D eigenvalue weighted by molar-refractivity contribution is 6.09. The summed E-state index contributed by atoms with van der Waals surface area (Å²) in [4.78, 5) is 36.9. The fourth-order valence-corrected chi connectivity index (χ4v) is 4.25. The Morgan fingerprint density at radius 1 is 1.03 bits per heavy atom. The normalized spacial score (nSPS) is 14.8. The Bertz CT molecular complexity index is 1100. The zero-order chi connectivity index (χ0) is 23.9. The number of nitrogens with zero attached hydrogens (tertiary/aromatic N) is 3. The summed E-state index contributed by atoms with van der Waals surface area (Å²) in [5.74, 6) is -0.634. The van der Waals surface area contributed by atoms with Crippen molar-refractivity contribution in [3.8, 4) is 5.75 Å². The molecular weight excluding hydrogens is 435 g/mol. The van der Waals surface area contributed by atoms with Crippen LogP contribution in [0, 0.1) is 5.82 Å². The Hall–Kier alpha value is -3.81. The molecule has 1 N–H and O–H groups in total. The van der Waals surface area contributed by atoms with Crippen LogP contribution in [-0.2, 0) is 4.79 Å². The third-order valence-electron chi connectivity index (χ3n) is 6.00. The van der Waals surface area contributed by atoms with Crippen LogP contribution in [0.4, 0.5) is 10.1 Å². The molecule has 1 aliphatic rings. The number of carbonyl (C=O) groups excluding carboxylic acids is 2. The molecule has 34 heavy (non-hydrogen) atoms. The number of aromatic nitrogens is 2. The lowest BCUT2D eigenvalue weighted by Gasteiger charge is -2.33. The van der Waals surface area contributed by atoms with E-state index in [-0.39, 0.29) is 17.6 Å². The molecule has 176 valence electrons. The van der Waals surface area contributed by atoms with Crippen molar-refractivity contribution in [2.24, 2.45) is 0 Å². The van der Waals surface area contributed by atoms with E-state index in [1.807, 2.05) is 0 Å². The van der Waals surface area contributed by atoms with Gasteiger partial charge in [0.15, 0.2) is 0 Å². The minimum atomic E-state index is -1.01. The first-order valence-corrected chi connectivity index (χ1v) is 11.4. The molecule has 0 radical (unpaired) electrons. The van der Waals surface area contributed by atoms with Crippen molar-refractivity contribution in [1.29, 1.82) is 0 Å². The number of rotatable bonds is 7. The summed E-state index contributed by atoms with van der Waals surface area (Å²) in [5, 5.41) is 3.14. The van der Waals surface area contributed by atoms with Crippen LogP contribution in [0.1, 0.15) is 54.2 Å². The van der Waals surface area contributed by atoms with Crippen LogP contribution in [0.5, 0.6) is 5.75 Å². The largest absolute Gasteiger partial charge is 0.497 e. The van der Waals surface area contributed by atoms with Crippen LogP contribution in [0.25, 0.3) is 0 Å². The van der Waals surface area contributed by atoms with Gasteiger partial charge in [-0.2, -0.15) is 0 Å². The SMILES string of the molecule is COc1ccc([C@@H](C(=O)NC2CCCCC2)N(C(=O)c2cnccn2)c2ccc(F)cc2)cc1. The zero-order valence-electron chi connectivity index (χ0n) is 19.0. The molecule has 4 rings (SSSR count). The monoisotopic (exact) mass is 462 g/mol. The van der Waals surface area contributed by atoms with Crippen molar-refractivity contribution in [3.63, 3.8) is 0 Å². The predicted molar refractivity (Wildman–Crippen MR) is 126 cm³/mol. The highest BCUT2D eigenvalue weighted by Gasteiger charge is 2.35. The maximum Gasteiger partial charge on any atom is 0.279 e. The Morgan fingerprint density at radius 2 is 1.74 bits per heavy atom. The first-order chi connectivity index (χ1) is 16.6. The molecule has 2 amide bonds. The summed E-state index contributed by atoms with van der Waals surface area (Å²) in [6, 6.07) is 11.5. The Balaban J connectivity index is 1.79. The topological polar surface area (TPSA) is 84.4 Å². The van der Waals surface area contributed by atoms with Crippen LogP contribution in [0.15, 0.2) is 67.1 Å². The van der Waals surface area contributed by atoms with Gasteiger partial charge >= 0.3 is 0 Å². The maximum atomic E-state index is 13.7. The van der Waals surface area contributed by atoms with Crippen LogP contribution in [0.2, 0.25) is 0 Å². The van der Waals surface area contributed by atoms with E-state index in [1.165, 1.54) is 47.8 Å². The van der Waals surface area contributed by atoms with Crippen LogP contribution >= 0.6 is 0 Å². The van der Waals surface area contributed by atoms with E-state index < -0.39 is 17.8 Å². The fraction of sp³-hybridized carbons (Fsp3) is 0.308. The molecule has 1 atom stereocenters. The highest BCUT2D eigenvalue weighted by atomic mass is 19.1. The lowest BCUT2D eigenvalue weighted by atomic mass is 9.94. The van der Waals surface area contributed by atoms with Crippen molar-refractivity contribution >= 4 is 17.5 Å². The van der Waals surface area contributed by atoms with Crippen molar-refractivity contribution in [1.82, 2.24) is 15.3 Å². The summed E-state index contributed by atoms with van der Waals surface area (Å²) in [6.07, 6.45) is 9.29. The van der Waals surface area contributed by atoms with E-state index >= 15 is 0 Å². The molecule has 7 nitrogen and oxygen atoms in total. The van der Waals surface area contributed by atoms with Crippen molar-refractivity contribution in [2.75, 3.05) is 12.0 Å². The molecule has 8 heteroatoms. The zero-order valence-corrected chi connectivity index (χ0v) is 19.0. The lowest BCUT2D eigenvalue weighted by molar-refractivity contribution is -0.123. The first kappa shape index (κ1) is 23.4. The smallest absolute Gasteiger partial charge is 0.279 e. The molecule has 0 aliphatic heterocycles. The van der Waals surface area contributed by atoms with Gasteiger partial charge in [-0.25, -0.2) is 9.37 Å². The average Bonchev–Trinajstić information content (AvgIpc) is 2.89. The number of amides is 2. The van der Waals surface area contributed by atoms with E-state index in [9.17, 15) is 14.0 Å². The molecule has 2 aromatic carbocycles. The van der Waals surface area contributed by atoms with Gasteiger partial charge in [0.1, 0.15) is 23.3 Å². The molecule has 3 aromatic rings. The molecule has 0 saturated heterocycles. The number of benzene rings is 2. The minimum absolute atomic E-state index is 0.0451. The van der Waals surface area contributed by atoms with Gasteiger partial charge < -0.3 is 10.1 Å². The predicted octanol–water partition coefficient (Wildman–Crippen LogP) is 4.46. The van der Waals surface area contributed by atoms with Gasteiger partial charge in [-0.15, -0.1) is 0 Å². The fourth-order valence-electron chi connectivity index (χ4n) is 4.25. The van der Waals surface area contributed by atoms with Gasteiger partial charge in [0, 0.05) is 24.1 Å². The maximum absolute atomic E-state index is 13.7. The summed E-state index contributed by atoms with van der Waals surface area (Å²) in [7, 11) is 1.56. The molecule has 0 spiro atoms. The van der Waals surface area contributed by atoms with Gasteiger partial charge in [-0.1, -0.05) is 31.4 Å². The van der Waals surface area contributed by atoms with E-state index in [1.54, 1.807) is 31.4 Å². The molecule has 1 aliphatic carbocycles. The van der Waals surface area contributed by atoms with Gasteiger partial charge in [0.25, 0.3) is 5.91 Å². The third-order valence-corrected chi connectivity index (χ3v) is 6.00. The second-order valence-electron chi connectivity index (χ2n) is 8.26. The average molecular weight is 463 g/mol. The Kier molecular flexibility index (Phi) is 7.47. The highest BCUT2D eigenvalue weighted by Crippen LogP contribution is 2.31. The van der Waals surface area contributed by atoms with E-state index in [2.05, 4.69) is 15.3 Å². The molecular formula is C26H27FN4O3. The van der Waals surface area contributed by atoms with Crippen LogP contribution < -0.4 is 15.0 Å². The molecule has 1 fully saturated rings. The quantitative estimate of drug-likeness (QED) is 0.560. The number of anilines is 1. The second kappa shape index (κ2) is 10.9. The molecule has 1 aromatic heterocycles. The van der Waals surface area contributed by atoms with Gasteiger partial charge in [0.05, 0.1) is 13.3 Å². The van der Waals surface area contributed by atoms with Crippen LogP contribution in [0.3, 0.4) is 0 Å². The summed E-state index contributed by atoms with van der Waals surface area (Å²) in [6.45, 7) is 0. The summed E-state index contributed by atoms with van der Waals surface area (Å²) >= 11 is 0. The number of hydrogen-bond donors (Lipinski definition) is 1. The number of ether oxygens (including phenoxy) is 1. The minimum Gasteiger partial charge on any atom is -0.497 e. The molecule has 0 bridgehead atoms. The van der Waals surface area contributed by atoms with E-state index in [4.69, 9.17) is 4.74 Å². The Labute approximate surface area is 198 Å². The Morgan fingerprint density at radius 3 is 2.35 bits per heavy atom. The van der Waals surface area contributed by atoms with Crippen molar-refractivity contribution in [3.05, 3.63) is 84.2 Å². The van der Waals surface area contributed by atoms with Gasteiger partial charge in [-0.3, -0.25) is 19.5 Å². The summed E-state index contributed by atoms with van der Waals surface area (Å²) in [5.41, 5.74) is 1.04. The molecule has 1 heterocycles. The number of halogens is 1. The van der Waals surface area contributed by atoms with E-state index in [0.29, 0.717) is 17.0 Å². The standard InChI is InChI=1S/C26H27FN4O3/c1-34-22-13-7-18(8-14-22)24(25(32)30-20-5-3-2-4-6-20)31(21-11-9-19(27)10-12-21)26(33)23-17-28-15-16-29-23/h7-17,20,24H,2-6H2,1H3,(H,30,32)/t24-/m0/s1. The molecule has 0 unspecified atom stereocenters. The van der Waals surface area contributed by atoms with Gasteiger partial charge in [0.2, 0.25) is 5.91 Å². The molecule has 1 saturated carbocycles. The van der Waals surface area contributed by atoms with Crippen LogP contribution in [-0.4, -0.2) is 34.9 Å². The number of carbonyl (C=O) groups is 2. The van der Waals surface area contributed by atoms with E-state index in [0.717, 1.165) is 32.1 Å². The number of hydrogen-bond acceptors (Lipinski definition) is 5. The van der Waals surface area contributed by atoms with Gasteiger partial charge in [-0.05, 0) is 54.8 Å². The third kappa shape index (κ3) is 5.39. The number of nitrogens with one attached hydrogen (secondary N) is 1. The van der Waals surface area contributed by atoms with Crippen molar-refractivity contribution in [2.45, 2.75) is 44.2 Å².